The number of halogens is 1. The number of nitriles is 1. The fourth-order valence-corrected chi connectivity index (χ4v) is 1.03. The average molecular weight is 208 g/mol. The predicted molar refractivity (Wildman–Crippen MR) is 54.6 cm³/mol. The number of hydrogen-bond acceptors (Lipinski definition) is 3. The van der Waals surface area contributed by atoms with Crippen molar-refractivity contribution in [3.05, 3.63) is 35.9 Å². The molecule has 1 rings (SSSR count). The summed E-state index contributed by atoms with van der Waals surface area (Å²) in [5.74, 6) is 0. The van der Waals surface area contributed by atoms with Gasteiger partial charge in [-0.25, -0.2) is 4.39 Å². The standard InChI is InChI=1S/C11H13FN2O/c12-7-11(14,8-13)9-15-6-10-4-2-1-3-5-10/h1-5H,6-7,9,14H2. The number of rotatable bonds is 5. The van der Waals surface area contributed by atoms with E-state index in [1.165, 1.54) is 0 Å². The summed E-state index contributed by atoms with van der Waals surface area (Å²) >= 11 is 0. The Morgan fingerprint density at radius 3 is 2.60 bits per heavy atom. The molecule has 0 bridgehead atoms. The quantitative estimate of drug-likeness (QED) is 0.795. The minimum atomic E-state index is -1.52. The molecular weight excluding hydrogens is 195 g/mol. The van der Waals surface area contributed by atoms with Crippen molar-refractivity contribution >= 4 is 0 Å². The van der Waals surface area contributed by atoms with Crippen LogP contribution in [0, 0.1) is 11.3 Å². The van der Waals surface area contributed by atoms with Gasteiger partial charge < -0.3 is 10.5 Å². The summed E-state index contributed by atoms with van der Waals surface area (Å²) in [7, 11) is 0. The molecule has 4 heteroatoms. The highest BCUT2D eigenvalue weighted by molar-refractivity contribution is 5.13. The third-order valence-corrected chi connectivity index (χ3v) is 1.93. The van der Waals surface area contributed by atoms with Crippen LogP contribution in [-0.4, -0.2) is 18.8 Å². The summed E-state index contributed by atoms with van der Waals surface area (Å²) in [5, 5.41) is 8.59. The summed E-state index contributed by atoms with van der Waals surface area (Å²) < 4.78 is 17.5. The lowest BCUT2D eigenvalue weighted by Gasteiger charge is -2.16. The first-order valence-electron chi connectivity index (χ1n) is 4.58. The molecule has 0 amide bonds. The van der Waals surface area contributed by atoms with Gasteiger partial charge in [-0.05, 0) is 5.56 Å². The molecule has 0 spiro atoms. The van der Waals surface area contributed by atoms with Crippen LogP contribution in [0.4, 0.5) is 4.39 Å². The highest BCUT2D eigenvalue weighted by Gasteiger charge is 2.24. The van der Waals surface area contributed by atoms with Crippen LogP contribution in [0.15, 0.2) is 30.3 Å². The van der Waals surface area contributed by atoms with Crippen LogP contribution in [0.5, 0.6) is 0 Å². The molecule has 0 aliphatic rings. The second-order valence-corrected chi connectivity index (χ2v) is 3.38. The maximum Gasteiger partial charge on any atom is 0.156 e. The van der Waals surface area contributed by atoms with E-state index < -0.39 is 12.2 Å². The van der Waals surface area contributed by atoms with Crippen molar-refractivity contribution in [2.75, 3.05) is 13.3 Å². The van der Waals surface area contributed by atoms with Gasteiger partial charge in [0.1, 0.15) is 6.67 Å². The number of hydrogen-bond donors (Lipinski definition) is 1. The number of nitrogens with zero attached hydrogens (tertiary/aromatic N) is 1. The zero-order valence-corrected chi connectivity index (χ0v) is 8.32. The number of alkyl halides is 1. The Hall–Kier alpha value is -1.44. The highest BCUT2D eigenvalue weighted by atomic mass is 19.1. The second-order valence-electron chi connectivity index (χ2n) is 3.38. The second kappa shape index (κ2) is 5.44. The Balaban J connectivity index is 2.37. The summed E-state index contributed by atoms with van der Waals surface area (Å²) in [6, 6.07) is 11.1. The normalized spacial score (nSPS) is 14.2. The van der Waals surface area contributed by atoms with E-state index in [2.05, 4.69) is 0 Å². The molecule has 1 aromatic carbocycles. The molecule has 1 aromatic rings. The SMILES string of the molecule is N#CC(N)(CF)COCc1ccccc1. The minimum Gasteiger partial charge on any atom is -0.374 e. The van der Waals surface area contributed by atoms with Gasteiger partial charge in [0.15, 0.2) is 5.54 Å². The Labute approximate surface area is 88.3 Å². The van der Waals surface area contributed by atoms with E-state index in [1.54, 1.807) is 6.07 Å². The van der Waals surface area contributed by atoms with Gasteiger partial charge in [-0.15, -0.1) is 0 Å². The fraction of sp³-hybridized carbons (Fsp3) is 0.364. The van der Waals surface area contributed by atoms with Crippen molar-refractivity contribution in [3.63, 3.8) is 0 Å². The monoisotopic (exact) mass is 208 g/mol. The summed E-state index contributed by atoms with van der Waals surface area (Å²) in [6.45, 7) is -0.672. The van der Waals surface area contributed by atoms with E-state index in [-0.39, 0.29) is 6.61 Å². The lowest BCUT2D eigenvalue weighted by molar-refractivity contribution is 0.0817. The Kier molecular flexibility index (Phi) is 4.22. The van der Waals surface area contributed by atoms with Crippen LogP contribution >= 0.6 is 0 Å². The Morgan fingerprint density at radius 2 is 2.07 bits per heavy atom. The molecule has 0 saturated heterocycles. The van der Waals surface area contributed by atoms with Crippen molar-refractivity contribution < 1.29 is 9.13 Å². The lowest BCUT2D eigenvalue weighted by atomic mass is 10.1. The van der Waals surface area contributed by atoms with Gasteiger partial charge in [0.25, 0.3) is 0 Å². The van der Waals surface area contributed by atoms with E-state index in [0.717, 1.165) is 5.56 Å². The Morgan fingerprint density at radius 1 is 1.40 bits per heavy atom. The van der Waals surface area contributed by atoms with Gasteiger partial charge in [0.2, 0.25) is 0 Å². The summed E-state index contributed by atoms with van der Waals surface area (Å²) in [5.41, 5.74) is 4.85. The Bertz CT molecular complexity index is 336. The molecule has 0 radical (unpaired) electrons. The van der Waals surface area contributed by atoms with Crippen LogP contribution in [0.2, 0.25) is 0 Å². The van der Waals surface area contributed by atoms with Gasteiger partial charge in [-0.3, -0.25) is 0 Å². The number of ether oxygens (including phenoxy) is 1. The molecule has 15 heavy (non-hydrogen) atoms. The average Bonchev–Trinajstić information content (AvgIpc) is 2.30. The van der Waals surface area contributed by atoms with Gasteiger partial charge in [0.05, 0.1) is 19.3 Å². The van der Waals surface area contributed by atoms with Crippen LogP contribution < -0.4 is 5.73 Å². The predicted octanol–water partition coefficient (Wildman–Crippen LogP) is 1.39. The van der Waals surface area contributed by atoms with E-state index in [4.69, 9.17) is 15.7 Å². The first-order valence-corrected chi connectivity index (χ1v) is 4.58. The molecule has 0 saturated carbocycles. The molecular formula is C11H13FN2O. The molecule has 0 aromatic heterocycles. The maximum absolute atomic E-state index is 12.3. The summed E-state index contributed by atoms with van der Waals surface area (Å²) in [4.78, 5) is 0. The van der Waals surface area contributed by atoms with Crippen LogP contribution in [0.1, 0.15) is 5.56 Å². The largest absolute Gasteiger partial charge is 0.374 e. The molecule has 0 heterocycles. The van der Waals surface area contributed by atoms with E-state index in [9.17, 15) is 4.39 Å². The van der Waals surface area contributed by atoms with E-state index >= 15 is 0 Å². The lowest BCUT2D eigenvalue weighted by Crippen LogP contribution is -2.45. The molecule has 0 aliphatic carbocycles. The van der Waals surface area contributed by atoms with E-state index in [0.29, 0.717) is 6.61 Å². The first-order chi connectivity index (χ1) is 7.20. The van der Waals surface area contributed by atoms with Crippen LogP contribution in [0.25, 0.3) is 0 Å². The van der Waals surface area contributed by atoms with Crippen molar-refractivity contribution in [1.82, 2.24) is 0 Å². The van der Waals surface area contributed by atoms with E-state index in [1.807, 2.05) is 30.3 Å². The molecule has 1 atom stereocenters. The van der Waals surface area contributed by atoms with Crippen molar-refractivity contribution in [2.24, 2.45) is 5.73 Å². The zero-order valence-electron chi connectivity index (χ0n) is 8.32. The van der Waals surface area contributed by atoms with Gasteiger partial charge in [0, 0.05) is 0 Å². The van der Waals surface area contributed by atoms with Gasteiger partial charge >= 0.3 is 0 Å². The van der Waals surface area contributed by atoms with Crippen molar-refractivity contribution in [2.45, 2.75) is 12.1 Å². The molecule has 3 nitrogen and oxygen atoms in total. The fourth-order valence-electron chi connectivity index (χ4n) is 1.03. The third-order valence-electron chi connectivity index (χ3n) is 1.93. The first kappa shape index (κ1) is 11.6. The minimum absolute atomic E-state index is 0.102. The smallest absolute Gasteiger partial charge is 0.156 e. The highest BCUT2D eigenvalue weighted by Crippen LogP contribution is 2.05. The van der Waals surface area contributed by atoms with Crippen molar-refractivity contribution in [1.29, 1.82) is 5.26 Å². The zero-order chi connectivity index (χ0) is 11.1. The van der Waals surface area contributed by atoms with Gasteiger partial charge in [-0.1, -0.05) is 30.3 Å². The maximum atomic E-state index is 12.3. The van der Waals surface area contributed by atoms with Crippen molar-refractivity contribution in [3.8, 4) is 6.07 Å². The topological polar surface area (TPSA) is 59.0 Å². The molecule has 0 fully saturated rings. The molecule has 0 aliphatic heterocycles. The van der Waals surface area contributed by atoms with Crippen LogP contribution in [-0.2, 0) is 11.3 Å². The van der Waals surface area contributed by atoms with Gasteiger partial charge in [-0.2, -0.15) is 5.26 Å². The molecule has 1 unspecified atom stereocenters. The number of benzene rings is 1. The van der Waals surface area contributed by atoms with Crippen LogP contribution in [0.3, 0.4) is 0 Å². The molecule has 80 valence electrons. The number of nitrogens with two attached hydrogens (primary N) is 1. The summed E-state index contributed by atoms with van der Waals surface area (Å²) in [6.07, 6.45) is 0. The third kappa shape index (κ3) is 3.66. The molecule has 2 N–H and O–H groups in total.